The van der Waals surface area contributed by atoms with E-state index in [1.165, 1.54) is 5.56 Å². The van der Waals surface area contributed by atoms with Gasteiger partial charge < -0.3 is 9.64 Å². The highest BCUT2D eigenvalue weighted by Crippen LogP contribution is 2.23. The number of nitrogens with one attached hydrogen (secondary N) is 1. The summed E-state index contributed by atoms with van der Waals surface area (Å²) in [6.07, 6.45) is 3.71. The second-order valence-electron chi connectivity index (χ2n) is 5.63. The predicted octanol–water partition coefficient (Wildman–Crippen LogP) is 1.42. The van der Waals surface area contributed by atoms with Gasteiger partial charge in [-0.3, -0.25) is 9.89 Å². The number of carbonyl (C=O) groups excluding carboxylic acids is 1. The summed E-state index contributed by atoms with van der Waals surface area (Å²) in [4.78, 5) is 14.3. The molecule has 1 saturated heterocycles. The van der Waals surface area contributed by atoms with Crippen LogP contribution >= 0.6 is 0 Å². The Kier molecular flexibility index (Phi) is 3.55. The third-order valence-corrected chi connectivity index (χ3v) is 4.20. The highest BCUT2D eigenvalue weighted by molar-refractivity contribution is 5.76. The molecule has 1 aromatic rings. The van der Waals surface area contributed by atoms with Gasteiger partial charge in [0, 0.05) is 50.4 Å². The summed E-state index contributed by atoms with van der Waals surface area (Å²) in [5, 5.41) is 7.29. The van der Waals surface area contributed by atoms with Crippen LogP contribution in [-0.2, 0) is 22.5 Å². The van der Waals surface area contributed by atoms with Gasteiger partial charge in [-0.2, -0.15) is 5.10 Å². The molecular weight excluding hydrogens is 242 g/mol. The van der Waals surface area contributed by atoms with E-state index in [2.05, 4.69) is 10.2 Å². The number of aromatic nitrogens is 2. The van der Waals surface area contributed by atoms with E-state index in [-0.39, 0.29) is 5.91 Å². The van der Waals surface area contributed by atoms with E-state index in [0.717, 1.165) is 50.4 Å². The van der Waals surface area contributed by atoms with Crippen LogP contribution in [0.4, 0.5) is 0 Å². The maximum atomic E-state index is 12.3. The molecule has 5 nitrogen and oxygen atoms in total. The second kappa shape index (κ2) is 5.33. The van der Waals surface area contributed by atoms with Gasteiger partial charge >= 0.3 is 0 Å². The van der Waals surface area contributed by atoms with Gasteiger partial charge in [0.25, 0.3) is 0 Å². The molecule has 19 heavy (non-hydrogen) atoms. The lowest BCUT2D eigenvalue weighted by atomic mass is 9.97. The first-order chi connectivity index (χ1) is 9.24. The van der Waals surface area contributed by atoms with E-state index >= 15 is 0 Å². The van der Waals surface area contributed by atoms with Crippen molar-refractivity contribution in [3.63, 3.8) is 0 Å². The summed E-state index contributed by atoms with van der Waals surface area (Å²) in [5.41, 5.74) is 3.43. The van der Waals surface area contributed by atoms with Gasteiger partial charge in [0.05, 0.1) is 5.69 Å². The number of H-pyrrole nitrogens is 1. The molecule has 1 aromatic heterocycles. The molecule has 0 aromatic carbocycles. The van der Waals surface area contributed by atoms with Crippen molar-refractivity contribution in [3.05, 3.63) is 17.0 Å². The van der Waals surface area contributed by atoms with Crippen molar-refractivity contribution < 1.29 is 9.53 Å². The molecule has 0 aliphatic carbocycles. The molecule has 0 saturated carbocycles. The lowest BCUT2D eigenvalue weighted by Gasteiger charge is -2.29. The van der Waals surface area contributed by atoms with Crippen molar-refractivity contribution >= 4 is 5.91 Å². The molecule has 5 heteroatoms. The second-order valence-corrected chi connectivity index (χ2v) is 5.63. The smallest absolute Gasteiger partial charge is 0.223 e. The average Bonchev–Trinajstić information content (AvgIpc) is 2.81. The molecule has 2 aliphatic rings. The number of aromatic amines is 1. The zero-order valence-corrected chi connectivity index (χ0v) is 11.4. The van der Waals surface area contributed by atoms with Crippen LogP contribution in [0, 0.1) is 12.8 Å². The minimum atomic E-state index is 0.266. The molecule has 1 atom stereocenters. The fraction of sp³-hybridized carbons (Fsp3) is 0.714. The van der Waals surface area contributed by atoms with E-state index in [9.17, 15) is 4.79 Å². The molecule has 1 N–H and O–H groups in total. The molecule has 0 radical (unpaired) electrons. The molecule has 1 amide bonds. The van der Waals surface area contributed by atoms with Gasteiger partial charge in [-0.1, -0.05) is 0 Å². The molecule has 0 spiro atoms. The Hall–Kier alpha value is -1.36. The number of aryl methyl sites for hydroxylation is 1. The summed E-state index contributed by atoms with van der Waals surface area (Å²) in [6, 6.07) is 0. The minimum Gasteiger partial charge on any atom is -0.381 e. The van der Waals surface area contributed by atoms with Crippen molar-refractivity contribution in [1.29, 1.82) is 0 Å². The Morgan fingerprint density at radius 1 is 1.58 bits per heavy atom. The molecule has 3 heterocycles. The van der Waals surface area contributed by atoms with Crippen molar-refractivity contribution in [2.24, 2.45) is 5.92 Å². The number of nitrogens with zero attached hydrogens (tertiary/aromatic N) is 2. The van der Waals surface area contributed by atoms with Crippen molar-refractivity contribution in [2.75, 3.05) is 19.8 Å². The Morgan fingerprint density at radius 2 is 2.47 bits per heavy atom. The topological polar surface area (TPSA) is 58.2 Å². The summed E-state index contributed by atoms with van der Waals surface area (Å²) in [5.74, 6) is 0.676. The Labute approximate surface area is 113 Å². The number of ether oxygens (including phenoxy) is 1. The van der Waals surface area contributed by atoms with E-state index < -0.39 is 0 Å². The third kappa shape index (κ3) is 2.66. The van der Waals surface area contributed by atoms with Gasteiger partial charge in [-0.25, -0.2) is 0 Å². The van der Waals surface area contributed by atoms with Crippen LogP contribution in [-0.4, -0.2) is 40.8 Å². The largest absolute Gasteiger partial charge is 0.381 e. The lowest BCUT2D eigenvalue weighted by molar-refractivity contribution is -0.134. The fourth-order valence-corrected chi connectivity index (χ4v) is 2.99. The SMILES string of the molecule is Cc1[nH]nc2c1CN(C(=O)CC1CCCOC1)CC2. The molecular formula is C14H21N3O2. The van der Waals surface area contributed by atoms with Crippen LogP contribution in [0.15, 0.2) is 0 Å². The summed E-state index contributed by atoms with van der Waals surface area (Å²) >= 11 is 0. The third-order valence-electron chi connectivity index (χ3n) is 4.20. The predicted molar refractivity (Wildman–Crippen MR) is 70.6 cm³/mol. The summed E-state index contributed by atoms with van der Waals surface area (Å²) in [7, 11) is 0. The number of amides is 1. The maximum Gasteiger partial charge on any atom is 0.223 e. The van der Waals surface area contributed by atoms with Gasteiger partial charge in [-0.15, -0.1) is 0 Å². The first-order valence-corrected chi connectivity index (χ1v) is 7.12. The molecule has 0 bridgehead atoms. The van der Waals surface area contributed by atoms with Crippen LogP contribution in [0.2, 0.25) is 0 Å². The number of fused-ring (bicyclic) bond motifs is 1. The number of rotatable bonds is 2. The highest BCUT2D eigenvalue weighted by Gasteiger charge is 2.26. The minimum absolute atomic E-state index is 0.266. The van der Waals surface area contributed by atoms with Crippen LogP contribution < -0.4 is 0 Å². The fourth-order valence-electron chi connectivity index (χ4n) is 2.99. The van der Waals surface area contributed by atoms with Gasteiger partial charge in [0.2, 0.25) is 5.91 Å². The highest BCUT2D eigenvalue weighted by atomic mass is 16.5. The lowest BCUT2D eigenvalue weighted by Crippen LogP contribution is -2.37. The zero-order valence-electron chi connectivity index (χ0n) is 11.4. The molecule has 3 rings (SSSR count). The molecule has 1 unspecified atom stereocenters. The Morgan fingerprint density at radius 3 is 3.26 bits per heavy atom. The van der Waals surface area contributed by atoms with Gasteiger partial charge in [0.1, 0.15) is 0 Å². The first-order valence-electron chi connectivity index (χ1n) is 7.12. The zero-order chi connectivity index (χ0) is 13.2. The first kappa shape index (κ1) is 12.7. The van der Waals surface area contributed by atoms with Crippen LogP contribution in [0.3, 0.4) is 0 Å². The maximum absolute atomic E-state index is 12.3. The average molecular weight is 263 g/mol. The number of carbonyl (C=O) groups is 1. The molecule has 2 aliphatic heterocycles. The van der Waals surface area contributed by atoms with Crippen molar-refractivity contribution in [3.8, 4) is 0 Å². The Balaban J connectivity index is 1.60. The van der Waals surface area contributed by atoms with E-state index in [1.54, 1.807) is 0 Å². The van der Waals surface area contributed by atoms with E-state index in [0.29, 0.717) is 18.9 Å². The van der Waals surface area contributed by atoms with Crippen LogP contribution in [0.25, 0.3) is 0 Å². The monoisotopic (exact) mass is 263 g/mol. The van der Waals surface area contributed by atoms with Crippen LogP contribution in [0.5, 0.6) is 0 Å². The van der Waals surface area contributed by atoms with Crippen LogP contribution in [0.1, 0.15) is 36.2 Å². The Bertz CT molecular complexity index is 463. The molecule has 1 fully saturated rings. The number of hydrogen-bond acceptors (Lipinski definition) is 3. The standard InChI is InChI=1S/C14H21N3O2/c1-10-12-8-17(5-4-13(12)16-15-10)14(18)7-11-3-2-6-19-9-11/h11H,2-9H2,1H3,(H,15,16). The van der Waals surface area contributed by atoms with Crippen molar-refractivity contribution in [2.45, 2.75) is 39.2 Å². The van der Waals surface area contributed by atoms with Crippen molar-refractivity contribution in [1.82, 2.24) is 15.1 Å². The number of hydrogen-bond donors (Lipinski definition) is 1. The normalized spacial score (nSPS) is 23.2. The molecule has 104 valence electrons. The summed E-state index contributed by atoms with van der Waals surface area (Å²) < 4.78 is 5.45. The quantitative estimate of drug-likeness (QED) is 0.878. The van der Waals surface area contributed by atoms with E-state index in [1.807, 2.05) is 11.8 Å². The van der Waals surface area contributed by atoms with Gasteiger partial charge in [0.15, 0.2) is 0 Å². The summed E-state index contributed by atoms with van der Waals surface area (Å²) in [6.45, 7) is 5.13. The van der Waals surface area contributed by atoms with Gasteiger partial charge in [-0.05, 0) is 25.7 Å². The van der Waals surface area contributed by atoms with E-state index in [4.69, 9.17) is 4.74 Å².